The molecule has 0 spiro atoms. The molecule has 1 N–H and O–H groups in total. The molecule has 0 bridgehead atoms. The van der Waals surface area contributed by atoms with Crippen LogP contribution in [0.25, 0.3) is 0 Å². The lowest BCUT2D eigenvalue weighted by atomic mass is 9.97. The van der Waals surface area contributed by atoms with E-state index in [0.717, 1.165) is 6.42 Å². The third-order valence-electron chi connectivity index (χ3n) is 4.17. The van der Waals surface area contributed by atoms with Gasteiger partial charge in [-0.15, -0.1) is 0 Å². The first kappa shape index (κ1) is 14.7. The second-order valence-electron chi connectivity index (χ2n) is 5.49. The molecule has 0 aromatic carbocycles. The zero-order valence-electron chi connectivity index (χ0n) is 11.1. The van der Waals surface area contributed by atoms with E-state index in [1.54, 1.807) is 0 Å². The molecule has 2 aliphatic heterocycles. The Labute approximate surface area is 113 Å². The smallest absolute Gasteiger partial charge is 0.317 e. The number of hydrogen-bond donors (Lipinski definition) is 1. The number of hydrogen-bond acceptors (Lipinski definition) is 5. The van der Waals surface area contributed by atoms with E-state index in [1.807, 2.05) is 11.8 Å². The first-order chi connectivity index (χ1) is 8.89. The molecular weight excluding hydrogens is 270 g/mol. The second kappa shape index (κ2) is 5.76. The minimum atomic E-state index is -3.00. The fraction of sp³-hybridized carbons (Fsp3) is 0.917. The van der Waals surface area contributed by atoms with E-state index in [9.17, 15) is 13.2 Å². The normalized spacial score (nSPS) is 31.7. The molecule has 0 aromatic rings. The molecule has 2 saturated heterocycles. The summed E-state index contributed by atoms with van der Waals surface area (Å²) in [6.45, 7) is 3.22. The van der Waals surface area contributed by atoms with E-state index in [2.05, 4.69) is 0 Å². The second-order valence-corrected chi connectivity index (χ2v) is 7.72. The molecule has 3 unspecified atom stereocenters. The van der Waals surface area contributed by atoms with Crippen molar-refractivity contribution in [1.82, 2.24) is 4.90 Å². The molecule has 2 fully saturated rings. The van der Waals surface area contributed by atoms with Crippen molar-refractivity contribution in [3.8, 4) is 0 Å². The van der Waals surface area contributed by atoms with Crippen LogP contribution in [0.4, 0.5) is 0 Å². The van der Waals surface area contributed by atoms with Crippen LogP contribution in [-0.2, 0) is 19.4 Å². The van der Waals surface area contributed by atoms with Gasteiger partial charge in [-0.1, -0.05) is 0 Å². The molecule has 3 atom stereocenters. The molecule has 2 aliphatic rings. The zero-order chi connectivity index (χ0) is 14.0. The molecule has 110 valence electrons. The molecule has 2 rings (SSSR count). The summed E-state index contributed by atoms with van der Waals surface area (Å²) in [5.41, 5.74) is 0. The Morgan fingerprint density at radius 1 is 1.47 bits per heavy atom. The number of carboxylic acid groups (broad SMARTS) is 1. The lowest BCUT2D eigenvalue weighted by Gasteiger charge is -2.35. The fourth-order valence-corrected chi connectivity index (χ4v) is 4.74. The van der Waals surface area contributed by atoms with E-state index < -0.39 is 15.8 Å². The van der Waals surface area contributed by atoms with E-state index in [1.165, 1.54) is 0 Å². The first-order valence-electron chi connectivity index (χ1n) is 6.65. The van der Waals surface area contributed by atoms with Gasteiger partial charge in [-0.05, 0) is 25.7 Å². The molecule has 0 aromatic heterocycles. The zero-order valence-corrected chi connectivity index (χ0v) is 11.9. The van der Waals surface area contributed by atoms with E-state index >= 15 is 0 Å². The maximum atomic E-state index is 11.6. The molecule has 7 heteroatoms. The molecule has 0 saturated carbocycles. The first-order valence-corrected chi connectivity index (χ1v) is 8.47. The summed E-state index contributed by atoms with van der Waals surface area (Å²) in [7, 11) is -3.00. The predicted molar refractivity (Wildman–Crippen MR) is 69.8 cm³/mol. The average molecular weight is 291 g/mol. The van der Waals surface area contributed by atoms with Crippen LogP contribution in [0, 0.1) is 5.92 Å². The third-order valence-corrected chi connectivity index (χ3v) is 5.92. The van der Waals surface area contributed by atoms with Crippen molar-refractivity contribution in [2.45, 2.75) is 31.8 Å². The third kappa shape index (κ3) is 3.67. The molecule has 0 radical (unpaired) electrons. The quantitative estimate of drug-likeness (QED) is 0.766. The highest BCUT2D eigenvalue weighted by Crippen LogP contribution is 2.26. The number of carboxylic acids is 1. The Kier molecular flexibility index (Phi) is 4.47. The van der Waals surface area contributed by atoms with Crippen LogP contribution < -0.4 is 0 Å². The average Bonchev–Trinajstić information content (AvgIpc) is 2.94. The topological polar surface area (TPSA) is 83.9 Å². The number of carbonyl (C=O) groups is 1. The molecule has 0 aliphatic carbocycles. The Morgan fingerprint density at radius 2 is 2.21 bits per heavy atom. The van der Waals surface area contributed by atoms with Crippen molar-refractivity contribution >= 4 is 15.8 Å². The maximum absolute atomic E-state index is 11.6. The molecular formula is C12H21NO5S. The van der Waals surface area contributed by atoms with Gasteiger partial charge in [0, 0.05) is 18.7 Å². The Bertz CT molecular complexity index is 429. The lowest BCUT2D eigenvalue weighted by Crippen LogP contribution is -2.48. The van der Waals surface area contributed by atoms with Crippen LogP contribution in [0.1, 0.15) is 19.8 Å². The minimum Gasteiger partial charge on any atom is -0.480 e. The summed E-state index contributed by atoms with van der Waals surface area (Å²) in [6.07, 6.45) is 1.45. The number of sulfone groups is 1. The summed E-state index contributed by atoms with van der Waals surface area (Å²) in [5, 5.41) is 9.04. The molecule has 2 heterocycles. The summed E-state index contributed by atoms with van der Waals surface area (Å²) >= 11 is 0. The Morgan fingerprint density at radius 3 is 2.68 bits per heavy atom. The lowest BCUT2D eigenvalue weighted by molar-refractivity contribution is -0.139. The largest absolute Gasteiger partial charge is 0.480 e. The van der Waals surface area contributed by atoms with Gasteiger partial charge in [0.2, 0.25) is 0 Å². The minimum absolute atomic E-state index is 0.0388. The van der Waals surface area contributed by atoms with E-state index in [4.69, 9.17) is 9.84 Å². The van der Waals surface area contributed by atoms with Crippen LogP contribution in [-0.4, -0.2) is 67.7 Å². The molecule has 0 amide bonds. The summed E-state index contributed by atoms with van der Waals surface area (Å²) in [5.74, 6) is -0.363. The molecule has 19 heavy (non-hydrogen) atoms. The van der Waals surface area contributed by atoms with Crippen molar-refractivity contribution in [3.63, 3.8) is 0 Å². The Balaban J connectivity index is 2.08. The van der Waals surface area contributed by atoms with Gasteiger partial charge < -0.3 is 9.84 Å². The van der Waals surface area contributed by atoms with Gasteiger partial charge >= 0.3 is 5.97 Å². The van der Waals surface area contributed by atoms with Gasteiger partial charge in [-0.25, -0.2) is 8.42 Å². The standard InChI is InChI=1S/C12H21NO5S/c1-9(10-2-4-18-7-10)13(6-12(14)15)11-3-5-19(16,17)8-11/h9-11H,2-8H2,1H3,(H,14,15). The van der Waals surface area contributed by atoms with Crippen LogP contribution >= 0.6 is 0 Å². The summed E-state index contributed by atoms with van der Waals surface area (Å²) in [4.78, 5) is 12.9. The molecule has 6 nitrogen and oxygen atoms in total. The van der Waals surface area contributed by atoms with Crippen LogP contribution in [0.5, 0.6) is 0 Å². The van der Waals surface area contributed by atoms with Crippen molar-refractivity contribution in [3.05, 3.63) is 0 Å². The highest BCUT2D eigenvalue weighted by Gasteiger charge is 2.38. The van der Waals surface area contributed by atoms with Crippen LogP contribution in [0.15, 0.2) is 0 Å². The number of nitrogens with zero attached hydrogens (tertiary/aromatic N) is 1. The highest BCUT2D eigenvalue weighted by molar-refractivity contribution is 7.91. The van der Waals surface area contributed by atoms with Gasteiger partial charge in [-0.2, -0.15) is 0 Å². The van der Waals surface area contributed by atoms with Crippen LogP contribution in [0.2, 0.25) is 0 Å². The van der Waals surface area contributed by atoms with Gasteiger partial charge in [0.15, 0.2) is 9.84 Å². The number of ether oxygens (including phenoxy) is 1. The van der Waals surface area contributed by atoms with E-state index in [0.29, 0.717) is 25.6 Å². The SMILES string of the molecule is CC(C1CCOC1)N(CC(=O)O)C1CCS(=O)(=O)C1. The van der Waals surface area contributed by atoms with Gasteiger partial charge in [0.1, 0.15) is 0 Å². The van der Waals surface area contributed by atoms with Gasteiger partial charge in [0.25, 0.3) is 0 Å². The number of rotatable bonds is 5. The van der Waals surface area contributed by atoms with Crippen molar-refractivity contribution in [2.75, 3.05) is 31.3 Å². The van der Waals surface area contributed by atoms with Crippen LogP contribution in [0.3, 0.4) is 0 Å². The van der Waals surface area contributed by atoms with Gasteiger partial charge in [0.05, 0.1) is 24.7 Å². The fourth-order valence-electron chi connectivity index (χ4n) is 3.00. The van der Waals surface area contributed by atoms with E-state index in [-0.39, 0.29) is 30.1 Å². The van der Waals surface area contributed by atoms with Gasteiger partial charge in [-0.3, -0.25) is 9.69 Å². The highest BCUT2D eigenvalue weighted by atomic mass is 32.2. The maximum Gasteiger partial charge on any atom is 0.317 e. The van der Waals surface area contributed by atoms with Crippen molar-refractivity contribution < 1.29 is 23.1 Å². The summed E-state index contributed by atoms with van der Waals surface area (Å²) in [6, 6.07) is -0.131. The monoisotopic (exact) mass is 291 g/mol. The number of aliphatic carboxylic acids is 1. The van der Waals surface area contributed by atoms with Crippen molar-refractivity contribution in [1.29, 1.82) is 0 Å². The Hall–Kier alpha value is -0.660. The van der Waals surface area contributed by atoms with Crippen molar-refractivity contribution in [2.24, 2.45) is 5.92 Å². The predicted octanol–water partition coefficient (Wildman–Crippen LogP) is -0.0149. The summed E-state index contributed by atoms with van der Waals surface area (Å²) < 4.78 is 28.5.